The lowest BCUT2D eigenvalue weighted by molar-refractivity contribution is 0.509. The van der Waals surface area contributed by atoms with E-state index in [0.717, 1.165) is 22.5 Å². The molecular formula is C17H12F2N6. The summed E-state index contributed by atoms with van der Waals surface area (Å²) in [6.07, 6.45) is 0. The van der Waals surface area contributed by atoms with E-state index in [9.17, 15) is 8.78 Å². The standard InChI is InChI=1S/C17H12F2N6/c18-11-7-6-10(8-12(11)19)14-13-15(20)22-16(9-4-2-1-3-5-9)23-17(13)25(21)24-14/h1-8H,21H2,(H2,20,22,23). The van der Waals surface area contributed by atoms with E-state index in [1.807, 2.05) is 30.3 Å². The molecule has 2 aromatic carbocycles. The van der Waals surface area contributed by atoms with Crippen LogP contribution in [0.3, 0.4) is 0 Å². The number of anilines is 1. The third kappa shape index (κ3) is 2.44. The highest BCUT2D eigenvalue weighted by Gasteiger charge is 2.19. The van der Waals surface area contributed by atoms with Gasteiger partial charge in [0.15, 0.2) is 23.1 Å². The van der Waals surface area contributed by atoms with Crippen LogP contribution in [0, 0.1) is 11.6 Å². The molecule has 0 atom stereocenters. The Morgan fingerprint density at radius 1 is 0.880 bits per heavy atom. The van der Waals surface area contributed by atoms with Gasteiger partial charge in [-0.15, -0.1) is 5.10 Å². The molecule has 0 aliphatic carbocycles. The van der Waals surface area contributed by atoms with Crippen molar-refractivity contribution in [3.8, 4) is 22.6 Å². The molecule has 4 N–H and O–H groups in total. The maximum Gasteiger partial charge on any atom is 0.186 e. The molecule has 0 aliphatic heterocycles. The van der Waals surface area contributed by atoms with Crippen molar-refractivity contribution >= 4 is 16.9 Å². The molecular weight excluding hydrogens is 326 g/mol. The molecule has 2 heterocycles. The molecule has 0 radical (unpaired) electrons. The molecule has 0 unspecified atom stereocenters. The lowest BCUT2D eigenvalue weighted by Crippen LogP contribution is -2.11. The van der Waals surface area contributed by atoms with Gasteiger partial charge in [-0.25, -0.2) is 18.7 Å². The van der Waals surface area contributed by atoms with Crippen molar-refractivity contribution in [3.63, 3.8) is 0 Å². The molecule has 0 bridgehead atoms. The van der Waals surface area contributed by atoms with E-state index < -0.39 is 11.6 Å². The largest absolute Gasteiger partial charge is 0.383 e. The first-order chi connectivity index (χ1) is 12.0. The van der Waals surface area contributed by atoms with Gasteiger partial charge in [-0.2, -0.15) is 4.79 Å². The van der Waals surface area contributed by atoms with Crippen LogP contribution in [0.1, 0.15) is 0 Å². The fourth-order valence-corrected chi connectivity index (χ4v) is 2.63. The SMILES string of the molecule is Nc1nc(-c2ccccc2)nc2c1c(-c1ccc(F)c(F)c1)nn2N. The zero-order chi connectivity index (χ0) is 17.6. The summed E-state index contributed by atoms with van der Waals surface area (Å²) >= 11 is 0. The van der Waals surface area contributed by atoms with Gasteiger partial charge in [0.1, 0.15) is 11.5 Å². The quantitative estimate of drug-likeness (QED) is 0.548. The first-order valence-electron chi connectivity index (χ1n) is 7.37. The van der Waals surface area contributed by atoms with Crippen LogP contribution in [0.4, 0.5) is 14.6 Å². The van der Waals surface area contributed by atoms with Crippen LogP contribution in [0.2, 0.25) is 0 Å². The van der Waals surface area contributed by atoms with E-state index >= 15 is 0 Å². The molecule has 124 valence electrons. The Balaban J connectivity index is 1.95. The second kappa shape index (κ2) is 5.52. The Labute approximate surface area is 140 Å². The highest BCUT2D eigenvalue weighted by molar-refractivity contribution is 5.99. The summed E-state index contributed by atoms with van der Waals surface area (Å²) in [5.41, 5.74) is 7.77. The fourth-order valence-electron chi connectivity index (χ4n) is 2.63. The van der Waals surface area contributed by atoms with Crippen LogP contribution in [-0.2, 0) is 0 Å². The van der Waals surface area contributed by atoms with Gasteiger partial charge in [0.05, 0.1) is 5.39 Å². The average molecular weight is 338 g/mol. The Bertz CT molecular complexity index is 1090. The number of halogens is 2. The van der Waals surface area contributed by atoms with Gasteiger partial charge in [-0.1, -0.05) is 30.3 Å². The predicted molar refractivity (Wildman–Crippen MR) is 90.7 cm³/mol. The lowest BCUT2D eigenvalue weighted by Gasteiger charge is -2.04. The first-order valence-corrected chi connectivity index (χ1v) is 7.37. The minimum Gasteiger partial charge on any atom is -0.383 e. The minimum atomic E-state index is -0.988. The molecule has 0 aliphatic rings. The third-order valence-electron chi connectivity index (χ3n) is 3.80. The Morgan fingerprint density at radius 3 is 2.36 bits per heavy atom. The summed E-state index contributed by atoms with van der Waals surface area (Å²) in [6, 6.07) is 12.7. The van der Waals surface area contributed by atoms with Crippen molar-refractivity contribution in [2.75, 3.05) is 11.6 Å². The maximum atomic E-state index is 13.6. The smallest absolute Gasteiger partial charge is 0.186 e. The molecule has 0 amide bonds. The second-order valence-corrected chi connectivity index (χ2v) is 5.42. The summed E-state index contributed by atoms with van der Waals surface area (Å²) < 4.78 is 26.7. The van der Waals surface area contributed by atoms with E-state index in [-0.39, 0.29) is 11.5 Å². The molecule has 4 rings (SSSR count). The van der Waals surface area contributed by atoms with E-state index in [1.54, 1.807) is 0 Å². The highest BCUT2D eigenvalue weighted by Crippen LogP contribution is 2.32. The topological polar surface area (TPSA) is 95.6 Å². The number of fused-ring (bicyclic) bond motifs is 1. The van der Waals surface area contributed by atoms with Crippen molar-refractivity contribution in [1.82, 2.24) is 19.9 Å². The molecule has 8 heteroatoms. The van der Waals surface area contributed by atoms with Gasteiger partial charge in [-0.05, 0) is 18.2 Å². The van der Waals surface area contributed by atoms with Gasteiger partial charge in [0.25, 0.3) is 0 Å². The molecule has 25 heavy (non-hydrogen) atoms. The Morgan fingerprint density at radius 2 is 1.64 bits per heavy atom. The van der Waals surface area contributed by atoms with Gasteiger partial charge < -0.3 is 11.6 Å². The maximum absolute atomic E-state index is 13.6. The van der Waals surface area contributed by atoms with E-state index in [2.05, 4.69) is 15.1 Å². The fraction of sp³-hybridized carbons (Fsp3) is 0. The second-order valence-electron chi connectivity index (χ2n) is 5.42. The average Bonchev–Trinajstić information content (AvgIpc) is 2.95. The number of rotatable bonds is 2. The number of benzene rings is 2. The molecule has 4 aromatic rings. The zero-order valence-corrected chi connectivity index (χ0v) is 12.8. The van der Waals surface area contributed by atoms with Crippen LogP contribution in [-0.4, -0.2) is 19.9 Å². The van der Waals surface area contributed by atoms with Gasteiger partial charge >= 0.3 is 0 Å². The van der Waals surface area contributed by atoms with Gasteiger partial charge in [0.2, 0.25) is 0 Å². The van der Waals surface area contributed by atoms with Crippen molar-refractivity contribution in [1.29, 1.82) is 0 Å². The lowest BCUT2D eigenvalue weighted by atomic mass is 10.1. The molecule has 0 saturated heterocycles. The molecule has 0 saturated carbocycles. The number of nitrogen functional groups attached to an aromatic ring is 2. The van der Waals surface area contributed by atoms with Crippen molar-refractivity contribution in [2.45, 2.75) is 0 Å². The molecule has 0 spiro atoms. The third-order valence-corrected chi connectivity index (χ3v) is 3.80. The normalized spacial score (nSPS) is 11.1. The van der Waals surface area contributed by atoms with E-state index in [0.29, 0.717) is 22.4 Å². The predicted octanol–water partition coefficient (Wildman–Crippen LogP) is 2.73. The van der Waals surface area contributed by atoms with Crippen LogP contribution < -0.4 is 11.6 Å². The zero-order valence-electron chi connectivity index (χ0n) is 12.8. The summed E-state index contributed by atoms with van der Waals surface area (Å²) in [5.74, 6) is 4.50. The summed E-state index contributed by atoms with van der Waals surface area (Å²) in [7, 11) is 0. The summed E-state index contributed by atoms with van der Waals surface area (Å²) in [6.45, 7) is 0. The summed E-state index contributed by atoms with van der Waals surface area (Å²) in [4.78, 5) is 9.76. The van der Waals surface area contributed by atoms with Crippen LogP contribution in [0.15, 0.2) is 48.5 Å². The number of aromatic nitrogens is 4. The van der Waals surface area contributed by atoms with Gasteiger partial charge in [-0.3, -0.25) is 0 Å². The summed E-state index contributed by atoms with van der Waals surface area (Å²) in [5, 5.41) is 4.53. The molecule has 2 aromatic heterocycles. The number of hydrogen-bond acceptors (Lipinski definition) is 5. The number of nitrogens with zero attached hydrogens (tertiary/aromatic N) is 4. The Hall–Kier alpha value is -3.55. The van der Waals surface area contributed by atoms with Crippen LogP contribution in [0.5, 0.6) is 0 Å². The van der Waals surface area contributed by atoms with Crippen LogP contribution >= 0.6 is 0 Å². The minimum absolute atomic E-state index is 0.153. The van der Waals surface area contributed by atoms with E-state index in [4.69, 9.17) is 11.6 Å². The Kier molecular flexibility index (Phi) is 3.31. The first kappa shape index (κ1) is 15.0. The number of nitrogens with two attached hydrogens (primary N) is 2. The van der Waals surface area contributed by atoms with E-state index in [1.165, 1.54) is 6.07 Å². The molecule has 0 fully saturated rings. The van der Waals surface area contributed by atoms with Crippen molar-refractivity contribution in [3.05, 3.63) is 60.2 Å². The van der Waals surface area contributed by atoms with Gasteiger partial charge in [0, 0.05) is 11.1 Å². The molecule has 6 nitrogen and oxygen atoms in total. The van der Waals surface area contributed by atoms with Crippen LogP contribution in [0.25, 0.3) is 33.7 Å². The highest BCUT2D eigenvalue weighted by atomic mass is 19.2. The van der Waals surface area contributed by atoms with Crippen molar-refractivity contribution in [2.24, 2.45) is 0 Å². The number of hydrogen-bond donors (Lipinski definition) is 2. The monoisotopic (exact) mass is 338 g/mol. The van der Waals surface area contributed by atoms with Crippen molar-refractivity contribution < 1.29 is 8.78 Å².